The molecular formula is C11H21NO2. The van der Waals surface area contributed by atoms with Gasteiger partial charge in [0, 0.05) is 19.7 Å². The van der Waals surface area contributed by atoms with Crippen molar-refractivity contribution in [2.24, 2.45) is 5.92 Å². The fourth-order valence-electron chi connectivity index (χ4n) is 2.43. The zero-order valence-corrected chi connectivity index (χ0v) is 9.15. The molecular weight excluding hydrogens is 178 g/mol. The molecule has 1 aliphatic carbocycles. The molecule has 14 heavy (non-hydrogen) atoms. The molecule has 1 heterocycles. The lowest BCUT2D eigenvalue weighted by molar-refractivity contribution is -0.0615. The van der Waals surface area contributed by atoms with Gasteiger partial charge in [-0.15, -0.1) is 0 Å². The van der Waals surface area contributed by atoms with Crippen molar-refractivity contribution in [2.45, 2.75) is 44.4 Å². The Kier molecular flexibility index (Phi) is 3.10. The van der Waals surface area contributed by atoms with Gasteiger partial charge >= 0.3 is 0 Å². The number of methoxy groups -OCH3 is 1. The lowest BCUT2D eigenvalue weighted by Gasteiger charge is -2.46. The Bertz CT molecular complexity index is 192. The normalized spacial score (nSPS) is 44.8. The van der Waals surface area contributed by atoms with Gasteiger partial charge < -0.3 is 9.84 Å². The van der Waals surface area contributed by atoms with Crippen molar-refractivity contribution in [3.8, 4) is 0 Å². The Morgan fingerprint density at radius 3 is 2.64 bits per heavy atom. The first-order chi connectivity index (χ1) is 6.70. The van der Waals surface area contributed by atoms with E-state index in [1.165, 1.54) is 0 Å². The number of hydrogen-bond acceptors (Lipinski definition) is 3. The fourth-order valence-corrected chi connectivity index (χ4v) is 2.43. The first kappa shape index (κ1) is 10.4. The minimum atomic E-state index is -0.120. The van der Waals surface area contributed by atoms with Crippen LogP contribution in [-0.4, -0.2) is 48.5 Å². The number of hydrogen-bond donors (Lipinski definition) is 1. The van der Waals surface area contributed by atoms with Gasteiger partial charge in [0.2, 0.25) is 0 Å². The minimum Gasteiger partial charge on any atom is -0.392 e. The summed E-state index contributed by atoms with van der Waals surface area (Å²) in [6.07, 6.45) is 3.78. The monoisotopic (exact) mass is 199 g/mol. The smallest absolute Gasteiger partial charge is 0.0693 e. The zero-order valence-electron chi connectivity index (χ0n) is 9.15. The van der Waals surface area contributed by atoms with Crippen LogP contribution in [0.2, 0.25) is 0 Å². The second-order valence-corrected chi connectivity index (χ2v) is 4.81. The van der Waals surface area contributed by atoms with Crippen LogP contribution in [0.4, 0.5) is 0 Å². The second kappa shape index (κ2) is 4.17. The van der Waals surface area contributed by atoms with E-state index in [1.54, 1.807) is 7.11 Å². The van der Waals surface area contributed by atoms with Gasteiger partial charge in [0.25, 0.3) is 0 Å². The molecule has 0 aromatic heterocycles. The van der Waals surface area contributed by atoms with Crippen LogP contribution in [0.1, 0.15) is 26.2 Å². The first-order valence-corrected chi connectivity index (χ1v) is 5.65. The number of β-amino-alcohol motifs (C(OH)–C–C–N with tert-alkyl or cyclic N) is 1. The summed E-state index contributed by atoms with van der Waals surface area (Å²) in [4.78, 5) is 2.43. The summed E-state index contributed by atoms with van der Waals surface area (Å²) in [7, 11) is 1.79. The van der Waals surface area contributed by atoms with Crippen LogP contribution in [0, 0.1) is 5.92 Å². The van der Waals surface area contributed by atoms with E-state index in [1.807, 2.05) is 0 Å². The highest BCUT2D eigenvalue weighted by atomic mass is 16.5. The van der Waals surface area contributed by atoms with Gasteiger partial charge in [0.15, 0.2) is 0 Å². The van der Waals surface area contributed by atoms with E-state index in [2.05, 4.69) is 11.8 Å². The van der Waals surface area contributed by atoms with E-state index in [0.29, 0.717) is 18.1 Å². The third kappa shape index (κ3) is 1.95. The van der Waals surface area contributed by atoms with Crippen molar-refractivity contribution in [3.63, 3.8) is 0 Å². The van der Waals surface area contributed by atoms with Crippen LogP contribution in [-0.2, 0) is 4.74 Å². The average Bonchev–Trinajstić information content (AvgIpc) is 2.09. The first-order valence-electron chi connectivity index (χ1n) is 5.65. The highest BCUT2D eigenvalue weighted by Gasteiger charge is 2.36. The molecule has 2 rings (SSSR count). The van der Waals surface area contributed by atoms with Crippen LogP contribution >= 0.6 is 0 Å². The molecule has 82 valence electrons. The Morgan fingerprint density at radius 1 is 1.36 bits per heavy atom. The quantitative estimate of drug-likeness (QED) is 0.716. The molecule has 0 amide bonds. The van der Waals surface area contributed by atoms with Gasteiger partial charge in [-0.3, -0.25) is 4.90 Å². The number of aliphatic hydroxyl groups is 1. The summed E-state index contributed by atoms with van der Waals surface area (Å²) in [5, 5.41) is 9.77. The molecule has 0 aromatic rings. The van der Waals surface area contributed by atoms with Crippen LogP contribution in [0.5, 0.6) is 0 Å². The van der Waals surface area contributed by atoms with Crippen LogP contribution < -0.4 is 0 Å². The number of ether oxygens (including phenoxy) is 1. The van der Waals surface area contributed by atoms with E-state index >= 15 is 0 Å². The largest absolute Gasteiger partial charge is 0.392 e. The second-order valence-electron chi connectivity index (χ2n) is 4.81. The SMILES string of the molecule is COC1CC(N2CC[C@@H](C)C(O)C2)C1. The molecule has 0 radical (unpaired) electrons. The summed E-state index contributed by atoms with van der Waals surface area (Å²) in [5.74, 6) is 0.476. The predicted octanol–water partition coefficient (Wildman–Crippen LogP) is 0.866. The van der Waals surface area contributed by atoms with E-state index in [0.717, 1.165) is 32.4 Å². The van der Waals surface area contributed by atoms with Gasteiger partial charge in [-0.1, -0.05) is 6.92 Å². The summed E-state index contributed by atoms with van der Waals surface area (Å²) in [5.41, 5.74) is 0. The average molecular weight is 199 g/mol. The van der Waals surface area contributed by atoms with E-state index in [-0.39, 0.29) is 6.10 Å². The Labute approximate surface area is 86.0 Å². The van der Waals surface area contributed by atoms with Gasteiger partial charge in [0.05, 0.1) is 12.2 Å². The van der Waals surface area contributed by atoms with Crippen LogP contribution in [0.15, 0.2) is 0 Å². The van der Waals surface area contributed by atoms with Gasteiger partial charge in [-0.25, -0.2) is 0 Å². The maximum Gasteiger partial charge on any atom is 0.0693 e. The standard InChI is InChI=1S/C11H21NO2/c1-8-3-4-12(7-11(8)13)9-5-10(6-9)14-2/h8-11,13H,3-7H2,1-2H3/t8-,9?,10?,11?/m1/s1. The van der Waals surface area contributed by atoms with Crippen molar-refractivity contribution in [3.05, 3.63) is 0 Å². The van der Waals surface area contributed by atoms with Crippen molar-refractivity contribution in [1.82, 2.24) is 4.90 Å². The third-order valence-electron chi connectivity index (χ3n) is 3.87. The van der Waals surface area contributed by atoms with E-state index in [9.17, 15) is 5.11 Å². The highest BCUT2D eigenvalue weighted by molar-refractivity contribution is 4.91. The maximum absolute atomic E-state index is 9.77. The van der Waals surface area contributed by atoms with Crippen molar-refractivity contribution >= 4 is 0 Å². The molecule has 0 aromatic carbocycles. The lowest BCUT2D eigenvalue weighted by Crippen LogP contribution is -2.54. The van der Waals surface area contributed by atoms with Crippen LogP contribution in [0.25, 0.3) is 0 Å². The number of piperidine rings is 1. The van der Waals surface area contributed by atoms with Gasteiger partial charge in [0.1, 0.15) is 0 Å². The third-order valence-corrected chi connectivity index (χ3v) is 3.87. The van der Waals surface area contributed by atoms with Gasteiger partial charge in [-0.05, 0) is 31.7 Å². The fraction of sp³-hybridized carbons (Fsp3) is 1.00. The minimum absolute atomic E-state index is 0.120. The highest BCUT2D eigenvalue weighted by Crippen LogP contribution is 2.30. The number of likely N-dealkylation sites (tertiary alicyclic amines) is 1. The van der Waals surface area contributed by atoms with Crippen molar-refractivity contribution in [1.29, 1.82) is 0 Å². The topological polar surface area (TPSA) is 32.7 Å². The molecule has 2 atom stereocenters. The molecule has 3 nitrogen and oxygen atoms in total. The molecule has 1 unspecified atom stereocenters. The summed E-state index contributed by atoms with van der Waals surface area (Å²) < 4.78 is 5.27. The maximum atomic E-state index is 9.77. The van der Waals surface area contributed by atoms with Gasteiger partial charge in [-0.2, -0.15) is 0 Å². The molecule has 1 saturated carbocycles. The Hall–Kier alpha value is -0.120. The predicted molar refractivity (Wildman–Crippen MR) is 55.2 cm³/mol. The zero-order chi connectivity index (χ0) is 10.1. The molecule has 1 N–H and O–H groups in total. The number of nitrogens with zero attached hydrogens (tertiary/aromatic N) is 1. The molecule has 1 aliphatic heterocycles. The molecule has 0 spiro atoms. The molecule has 1 saturated heterocycles. The Morgan fingerprint density at radius 2 is 2.07 bits per heavy atom. The van der Waals surface area contributed by atoms with E-state index in [4.69, 9.17) is 4.74 Å². The lowest BCUT2D eigenvalue weighted by atomic mass is 9.85. The number of aliphatic hydroxyl groups excluding tert-OH is 1. The molecule has 0 bridgehead atoms. The van der Waals surface area contributed by atoms with Crippen LogP contribution in [0.3, 0.4) is 0 Å². The Balaban J connectivity index is 1.78. The van der Waals surface area contributed by atoms with E-state index < -0.39 is 0 Å². The summed E-state index contributed by atoms with van der Waals surface area (Å²) in [6, 6.07) is 0.669. The summed E-state index contributed by atoms with van der Waals surface area (Å²) in [6.45, 7) is 4.16. The van der Waals surface area contributed by atoms with Crippen molar-refractivity contribution in [2.75, 3.05) is 20.2 Å². The summed E-state index contributed by atoms with van der Waals surface area (Å²) >= 11 is 0. The molecule has 3 heteroatoms. The van der Waals surface area contributed by atoms with Crippen molar-refractivity contribution < 1.29 is 9.84 Å². The molecule has 2 fully saturated rings. The molecule has 2 aliphatic rings. The number of rotatable bonds is 2.